The number of ether oxygens (including phenoxy) is 1. The number of H-pyrrole nitrogens is 1. The Morgan fingerprint density at radius 3 is 2.34 bits per heavy atom. The number of hydrogen-bond donors (Lipinski definition) is 1. The first-order valence-electron chi connectivity index (χ1n) is 9.32. The summed E-state index contributed by atoms with van der Waals surface area (Å²) in [4.78, 5) is 32.2. The highest BCUT2D eigenvalue weighted by Crippen LogP contribution is 2.19. The summed E-state index contributed by atoms with van der Waals surface area (Å²) in [6.07, 6.45) is 0.582. The van der Waals surface area contributed by atoms with Crippen molar-refractivity contribution >= 4 is 17.5 Å². The number of benzene rings is 2. The molecule has 0 radical (unpaired) electrons. The minimum absolute atomic E-state index is 0.0308. The molecule has 1 N–H and O–H groups in total. The van der Waals surface area contributed by atoms with Gasteiger partial charge in [0.05, 0.1) is 18.6 Å². The van der Waals surface area contributed by atoms with Gasteiger partial charge in [0.2, 0.25) is 0 Å². The van der Waals surface area contributed by atoms with Gasteiger partial charge >= 0.3 is 0 Å². The average Bonchev–Trinajstić information content (AvgIpc) is 2.69. The Labute approximate surface area is 174 Å². The van der Waals surface area contributed by atoms with Crippen LogP contribution in [0.5, 0.6) is 5.75 Å². The normalized spacial score (nSPS) is 10.8. The largest absolute Gasteiger partial charge is 0.497 e. The van der Waals surface area contributed by atoms with Crippen LogP contribution in [0.15, 0.2) is 52.4 Å². The van der Waals surface area contributed by atoms with Gasteiger partial charge in [0, 0.05) is 17.5 Å². The van der Waals surface area contributed by atoms with Crippen molar-refractivity contribution in [3.05, 3.63) is 86.3 Å². The number of thioether (sulfide) groups is 1. The molecule has 150 valence electrons. The summed E-state index contributed by atoms with van der Waals surface area (Å²) in [6, 6.07) is 13.3. The minimum Gasteiger partial charge on any atom is -0.497 e. The summed E-state index contributed by atoms with van der Waals surface area (Å²) in [5.41, 5.74) is 5.26. The van der Waals surface area contributed by atoms with Crippen molar-refractivity contribution in [3.63, 3.8) is 0 Å². The Morgan fingerprint density at radius 1 is 1.07 bits per heavy atom. The zero-order chi connectivity index (χ0) is 21.0. The molecule has 3 aromatic rings. The van der Waals surface area contributed by atoms with E-state index in [1.165, 1.54) is 22.9 Å². The summed E-state index contributed by atoms with van der Waals surface area (Å²) in [7, 11) is 1.59. The molecule has 5 nitrogen and oxygen atoms in total. The summed E-state index contributed by atoms with van der Waals surface area (Å²) in [6.45, 7) is 5.89. The van der Waals surface area contributed by atoms with Gasteiger partial charge in [-0.25, -0.2) is 4.98 Å². The molecule has 29 heavy (non-hydrogen) atoms. The number of rotatable bonds is 7. The summed E-state index contributed by atoms with van der Waals surface area (Å²) in [5.74, 6) is 0.868. The molecule has 0 atom stereocenters. The fourth-order valence-corrected chi connectivity index (χ4v) is 3.93. The van der Waals surface area contributed by atoms with Gasteiger partial charge in [-0.05, 0) is 50.6 Å². The molecule has 0 bridgehead atoms. The second-order valence-electron chi connectivity index (χ2n) is 7.06. The predicted octanol–water partition coefficient (Wildman–Crippen LogP) is 4.27. The van der Waals surface area contributed by atoms with Gasteiger partial charge in [-0.1, -0.05) is 41.1 Å². The van der Waals surface area contributed by atoms with Gasteiger partial charge in [-0.3, -0.25) is 9.59 Å². The molecule has 0 amide bonds. The van der Waals surface area contributed by atoms with Gasteiger partial charge in [-0.15, -0.1) is 0 Å². The maximum absolute atomic E-state index is 12.4. The van der Waals surface area contributed by atoms with Gasteiger partial charge < -0.3 is 9.72 Å². The first-order valence-corrected chi connectivity index (χ1v) is 10.3. The van der Waals surface area contributed by atoms with E-state index in [1.807, 2.05) is 0 Å². The van der Waals surface area contributed by atoms with E-state index < -0.39 is 0 Å². The zero-order valence-corrected chi connectivity index (χ0v) is 17.9. The number of carbonyl (C=O) groups is 1. The third-order valence-electron chi connectivity index (χ3n) is 4.64. The molecule has 0 spiro atoms. The Morgan fingerprint density at radius 2 is 1.72 bits per heavy atom. The lowest BCUT2D eigenvalue weighted by Gasteiger charge is -2.09. The molecule has 0 aliphatic carbocycles. The molecular formula is C23H24N2O3S. The second kappa shape index (κ2) is 9.09. The number of aromatic nitrogens is 2. The van der Waals surface area contributed by atoms with Gasteiger partial charge in [0.25, 0.3) is 5.56 Å². The zero-order valence-electron chi connectivity index (χ0n) is 17.0. The number of aryl methyl sites for hydroxylation is 2. The Kier molecular flexibility index (Phi) is 6.54. The molecule has 3 rings (SSSR count). The van der Waals surface area contributed by atoms with Crippen LogP contribution in [0, 0.1) is 20.8 Å². The smallest absolute Gasteiger partial charge is 0.254 e. The SMILES string of the molecule is COc1ccc(C(=O)CSc2nc(Cc3cc(C)cc(C)c3)c(C)c(=O)[nH]2)cc1. The molecule has 0 saturated heterocycles. The second-order valence-corrected chi connectivity index (χ2v) is 8.02. The van der Waals surface area contributed by atoms with Crippen LogP contribution in [-0.4, -0.2) is 28.6 Å². The number of nitrogens with one attached hydrogen (secondary N) is 1. The lowest BCUT2D eigenvalue weighted by molar-refractivity contribution is 0.102. The maximum Gasteiger partial charge on any atom is 0.254 e. The van der Waals surface area contributed by atoms with Crippen LogP contribution >= 0.6 is 11.8 Å². The van der Waals surface area contributed by atoms with Crippen molar-refractivity contribution in [1.82, 2.24) is 9.97 Å². The molecule has 6 heteroatoms. The van der Waals surface area contributed by atoms with E-state index in [-0.39, 0.29) is 17.1 Å². The van der Waals surface area contributed by atoms with Gasteiger partial charge in [0.15, 0.2) is 10.9 Å². The molecule has 1 heterocycles. The van der Waals surface area contributed by atoms with Gasteiger partial charge in [-0.2, -0.15) is 0 Å². The van der Waals surface area contributed by atoms with E-state index in [0.717, 1.165) is 11.3 Å². The van der Waals surface area contributed by atoms with E-state index in [9.17, 15) is 9.59 Å². The number of carbonyl (C=O) groups excluding carboxylic acids is 1. The highest BCUT2D eigenvalue weighted by molar-refractivity contribution is 7.99. The molecule has 0 saturated carbocycles. The Balaban J connectivity index is 1.76. The van der Waals surface area contributed by atoms with Crippen molar-refractivity contribution in [3.8, 4) is 5.75 Å². The average molecular weight is 409 g/mol. The minimum atomic E-state index is -0.168. The molecule has 0 fully saturated rings. The first kappa shape index (κ1) is 20.9. The van der Waals surface area contributed by atoms with Crippen LogP contribution in [0.2, 0.25) is 0 Å². The standard InChI is InChI=1S/C23H24N2O3S/c1-14-9-15(2)11-17(10-14)12-20-16(3)22(27)25-23(24-20)29-13-21(26)18-5-7-19(28-4)8-6-18/h5-11H,12-13H2,1-4H3,(H,24,25,27). The summed E-state index contributed by atoms with van der Waals surface area (Å²) < 4.78 is 5.11. The fraction of sp³-hybridized carbons (Fsp3) is 0.261. The van der Waals surface area contributed by atoms with Gasteiger partial charge in [0.1, 0.15) is 5.75 Å². The van der Waals surface area contributed by atoms with E-state index >= 15 is 0 Å². The number of Topliss-reactive ketones (excluding diaryl/α,β-unsaturated/α-hetero) is 1. The van der Waals surface area contributed by atoms with E-state index in [0.29, 0.717) is 28.5 Å². The quantitative estimate of drug-likeness (QED) is 0.359. The van der Waals surface area contributed by atoms with Crippen LogP contribution in [0.4, 0.5) is 0 Å². The van der Waals surface area contributed by atoms with Crippen LogP contribution in [0.3, 0.4) is 0 Å². The van der Waals surface area contributed by atoms with Crippen LogP contribution in [0.25, 0.3) is 0 Å². The van der Waals surface area contributed by atoms with Crippen LogP contribution in [-0.2, 0) is 6.42 Å². The van der Waals surface area contributed by atoms with Crippen molar-refractivity contribution < 1.29 is 9.53 Å². The monoisotopic (exact) mass is 408 g/mol. The molecular weight excluding hydrogens is 384 g/mol. The Bertz CT molecular complexity index is 1070. The third kappa shape index (κ3) is 5.35. The van der Waals surface area contributed by atoms with Crippen molar-refractivity contribution in [2.45, 2.75) is 32.3 Å². The van der Waals surface area contributed by atoms with E-state index in [2.05, 4.69) is 42.0 Å². The highest BCUT2D eigenvalue weighted by Gasteiger charge is 2.12. The fourth-order valence-electron chi connectivity index (χ4n) is 3.16. The molecule has 1 aromatic heterocycles. The number of ketones is 1. The Hall–Kier alpha value is -2.86. The summed E-state index contributed by atoms with van der Waals surface area (Å²) in [5, 5.41) is 0.460. The molecule has 0 aliphatic rings. The number of hydrogen-bond acceptors (Lipinski definition) is 5. The lowest BCUT2D eigenvalue weighted by atomic mass is 10.0. The van der Waals surface area contributed by atoms with Crippen molar-refractivity contribution in [1.29, 1.82) is 0 Å². The van der Waals surface area contributed by atoms with E-state index in [1.54, 1.807) is 38.3 Å². The number of aromatic amines is 1. The van der Waals surface area contributed by atoms with Crippen molar-refractivity contribution in [2.24, 2.45) is 0 Å². The molecule has 0 aliphatic heterocycles. The highest BCUT2D eigenvalue weighted by atomic mass is 32.2. The number of methoxy groups -OCH3 is 1. The summed E-state index contributed by atoms with van der Waals surface area (Å²) >= 11 is 1.24. The molecule has 2 aromatic carbocycles. The van der Waals surface area contributed by atoms with Crippen LogP contribution < -0.4 is 10.3 Å². The van der Waals surface area contributed by atoms with E-state index in [4.69, 9.17) is 4.74 Å². The number of nitrogens with zero attached hydrogens (tertiary/aromatic N) is 1. The van der Waals surface area contributed by atoms with Crippen LogP contribution in [0.1, 0.15) is 38.3 Å². The lowest BCUT2D eigenvalue weighted by Crippen LogP contribution is -2.17. The first-order chi connectivity index (χ1) is 13.9. The van der Waals surface area contributed by atoms with Crippen molar-refractivity contribution in [2.75, 3.05) is 12.9 Å². The third-order valence-corrected chi connectivity index (χ3v) is 5.51. The molecule has 0 unspecified atom stereocenters. The predicted molar refractivity (Wildman–Crippen MR) is 116 cm³/mol. The maximum atomic E-state index is 12.4. The topological polar surface area (TPSA) is 72.0 Å².